The minimum Gasteiger partial charge on any atom is -0.477 e. The van der Waals surface area contributed by atoms with Crippen molar-refractivity contribution in [2.24, 2.45) is 0 Å². The quantitative estimate of drug-likeness (QED) is 0.819. The van der Waals surface area contributed by atoms with Crippen molar-refractivity contribution in [2.45, 2.75) is 30.0 Å². The summed E-state index contributed by atoms with van der Waals surface area (Å²) >= 11 is 1.37. The van der Waals surface area contributed by atoms with Crippen LogP contribution in [0.4, 0.5) is 0 Å². The summed E-state index contributed by atoms with van der Waals surface area (Å²) in [5.41, 5.74) is 0.769. The molecule has 0 radical (unpaired) electrons. The summed E-state index contributed by atoms with van der Waals surface area (Å²) in [6.45, 7) is 3.12. The standard InChI is InChI=1S/C16H16N2O4S/c1-9(19)17-16(2)8-11(15(21)22)18-13(20)12(14(18)23-16)10-6-4-3-5-7-10/h3-8,12,14H,1-2H3,(H,17,19)(H,21,22)/t12-,14-,16?/m1/s1. The highest BCUT2D eigenvalue weighted by Crippen LogP contribution is 2.51. The lowest BCUT2D eigenvalue weighted by Gasteiger charge is -2.52. The van der Waals surface area contributed by atoms with Crippen LogP contribution in [-0.2, 0) is 14.4 Å². The number of nitrogens with zero attached hydrogens (tertiary/aromatic N) is 1. The molecule has 2 amide bonds. The van der Waals surface area contributed by atoms with Gasteiger partial charge in [0.2, 0.25) is 11.8 Å². The molecule has 1 aromatic carbocycles. The molecule has 7 heteroatoms. The van der Waals surface area contributed by atoms with Crippen molar-refractivity contribution < 1.29 is 19.5 Å². The fourth-order valence-electron chi connectivity index (χ4n) is 3.00. The zero-order valence-corrected chi connectivity index (χ0v) is 13.5. The summed E-state index contributed by atoms with van der Waals surface area (Å²) in [6, 6.07) is 9.27. The van der Waals surface area contributed by atoms with Gasteiger partial charge in [-0.25, -0.2) is 4.79 Å². The summed E-state index contributed by atoms with van der Waals surface area (Å²) in [5, 5.41) is 11.8. The molecule has 3 atom stereocenters. The van der Waals surface area contributed by atoms with Crippen molar-refractivity contribution in [3.63, 3.8) is 0 Å². The van der Waals surface area contributed by atoms with Crippen molar-refractivity contribution in [2.75, 3.05) is 0 Å². The molecule has 2 N–H and O–H groups in total. The number of amides is 2. The number of carbonyl (C=O) groups excluding carboxylic acids is 2. The highest BCUT2D eigenvalue weighted by atomic mass is 32.2. The molecule has 0 spiro atoms. The molecule has 2 heterocycles. The topological polar surface area (TPSA) is 86.7 Å². The second kappa shape index (κ2) is 5.42. The van der Waals surface area contributed by atoms with Crippen molar-refractivity contribution in [3.8, 4) is 0 Å². The van der Waals surface area contributed by atoms with E-state index in [1.807, 2.05) is 30.3 Å². The molecule has 2 aliphatic heterocycles. The molecule has 3 rings (SSSR count). The van der Waals surface area contributed by atoms with Gasteiger partial charge < -0.3 is 10.4 Å². The van der Waals surface area contributed by atoms with E-state index in [1.54, 1.807) is 6.92 Å². The monoisotopic (exact) mass is 332 g/mol. The van der Waals surface area contributed by atoms with Gasteiger partial charge in [0, 0.05) is 6.92 Å². The summed E-state index contributed by atoms with van der Waals surface area (Å²) in [7, 11) is 0. The Kier molecular flexibility index (Phi) is 3.68. The Labute approximate surface area is 137 Å². The Morgan fingerprint density at radius 2 is 1.96 bits per heavy atom. The van der Waals surface area contributed by atoms with E-state index in [4.69, 9.17) is 0 Å². The van der Waals surface area contributed by atoms with Crippen LogP contribution in [-0.4, -0.2) is 38.0 Å². The van der Waals surface area contributed by atoms with Gasteiger partial charge in [-0.3, -0.25) is 14.5 Å². The lowest BCUT2D eigenvalue weighted by molar-refractivity contribution is -0.148. The van der Waals surface area contributed by atoms with Crippen LogP contribution in [0.5, 0.6) is 0 Å². The van der Waals surface area contributed by atoms with E-state index in [1.165, 1.54) is 29.7 Å². The first-order chi connectivity index (χ1) is 10.8. The Balaban J connectivity index is 1.99. The number of nitrogens with one attached hydrogen (secondary N) is 1. The Hall–Kier alpha value is -2.28. The molecule has 1 saturated heterocycles. The van der Waals surface area contributed by atoms with E-state index in [9.17, 15) is 19.5 Å². The van der Waals surface area contributed by atoms with Crippen molar-refractivity contribution in [1.29, 1.82) is 0 Å². The average molecular weight is 332 g/mol. The molecule has 0 aromatic heterocycles. The lowest BCUT2D eigenvalue weighted by Crippen LogP contribution is -2.63. The SMILES string of the molecule is CC(=O)NC1(C)C=C(C(=O)O)N2C(=O)[C@@H](c3ccccc3)[C@H]2S1. The average Bonchev–Trinajstić information content (AvgIpc) is 2.46. The third kappa shape index (κ3) is 2.61. The van der Waals surface area contributed by atoms with Crippen LogP contribution in [0.15, 0.2) is 42.1 Å². The van der Waals surface area contributed by atoms with Gasteiger partial charge in [-0.15, -0.1) is 11.8 Å². The van der Waals surface area contributed by atoms with Gasteiger partial charge >= 0.3 is 5.97 Å². The molecule has 1 fully saturated rings. The Morgan fingerprint density at radius 3 is 2.52 bits per heavy atom. The molecule has 0 saturated carbocycles. The third-order valence-corrected chi connectivity index (χ3v) is 5.32. The highest BCUT2D eigenvalue weighted by molar-refractivity contribution is 8.01. The fraction of sp³-hybridized carbons (Fsp3) is 0.312. The van der Waals surface area contributed by atoms with E-state index >= 15 is 0 Å². The molecule has 0 bridgehead atoms. The Morgan fingerprint density at radius 1 is 1.30 bits per heavy atom. The first-order valence-electron chi connectivity index (χ1n) is 7.13. The normalized spacial score (nSPS) is 29.2. The smallest absolute Gasteiger partial charge is 0.352 e. The highest BCUT2D eigenvalue weighted by Gasteiger charge is 2.56. The van der Waals surface area contributed by atoms with Crippen LogP contribution < -0.4 is 5.32 Å². The minimum absolute atomic E-state index is 0.0813. The van der Waals surface area contributed by atoms with Crippen molar-refractivity contribution in [3.05, 3.63) is 47.7 Å². The van der Waals surface area contributed by atoms with Gasteiger partial charge in [-0.2, -0.15) is 0 Å². The maximum Gasteiger partial charge on any atom is 0.352 e. The maximum absolute atomic E-state index is 12.5. The predicted molar refractivity (Wildman–Crippen MR) is 85.3 cm³/mol. The number of hydrogen-bond donors (Lipinski definition) is 2. The summed E-state index contributed by atoms with van der Waals surface area (Å²) in [4.78, 5) is 35.9. The molecule has 6 nitrogen and oxygen atoms in total. The molecule has 23 heavy (non-hydrogen) atoms. The number of carboxylic acids is 1. The van der Waals surface area contributed by atoms with Gasteiger partial charge in [0.15, 0.2) is 0 Å². The maximum atomic E-state index is 12.5. The summed E-state index contributed by atoms with van der Waals surface area (Å²) < 4.78 is 0. The van der Waals surface area contributed by atoms with E-state index in [0.29, 0.717) is 0 Å². The Bertz CT molecular complexity index is 718. The van der Waals surface area contributed by atoms with Crippen molar-refractivity contribution in [1.82, 2.24) is 10.2 Å². The first-order valence-corrected chi connectivity index (χ1v) is 8.01. The number of fused-ring (bicyclic) bond motifs is 1. The summed E-state index contributed by atoms with van der Waals surface area (Å²) in [5.74, 6) is -2.06. The first kappa shape index (κ1) is 15.6. The van der Waals surface area contributed by atoms with Gasteiger partial charge in [0.25, 0.3) is 0 Å². The van der Waals surface area contributed by atoms with Crippen molar-refractivity contribution >= 4 is 29.5 Å². The number of aliphatic carboxylic acids is 1. The van der Waals surface area contributed by atoms with Crippen LogP contribution in [0.3, 0.4) is 0 Å². The zero-order valence-electron chi connectivity index (χ0n) is 12.6. The minimum atomic E-state index is -1.17. The number of hydrogen-bond acceptors (Lipinski definition) is 4. The molecular weight excluding hydrogens is 316 g/mol. The second-order valence-corrected chi connectivity index (χ2v) is 7.29. The molecule has 1 aromatic rings. The third-order valence-electron chi connectivity index (χ3n) is 3.88. The van der Waals surface area contributed by atoms with Gasteiger partial charge in [0.1, 0.15) is 15.9 Å². The second-order valence-electron chi connectivity index (χ2n) is 5.73. The summed E-state index contributed by atoms with van der Waals surface area (Å²) in [6.07, 6.45) is 1.43. The lowest BCUT2D eigenvalue weighted by atomic mass is 9.88. The molecule has 120 valence electrons. The molecule has 1 unspecified atom stereocenters. The van der Waals surface area contributed by atoms with Crippen LogP contribution in [0.25, 0.3) is 0 Å². The van der Waals surface area contributed by atoms with E-state index in [-0.39, 0.29) is 22.9 Å². The van der Waals surface area contributed by atoms with Gasteiger partial charge in [-0.05, 0) is 18.6 Å². The van der Waals surface area contributed by atoms with E-state index in [2.05, 4.69) is 5.32 Å². The van der Waals surface area contributed by atoms with Gasteiger partial charge in [0.05, 0.1) is 5.92 Å². The zero-order chi connectivity index (χ0) is 16.8. The largest absolute Gasteiger partial charge is 0.477 e. The van der Waals surface area contributed by atoms with Crippen LogP contribution >= 0.6 is 11.8 Å². The van der Waals surface area contributed by atoms with Crippen LogP contribution in [0.1, 0.15) is 25.3 Å². The molecular formula is C16H16N2O4S. The number of thioether (sulfide) groups is 1. The number of carboxylic acid groups (broad SMARTS) is 1. The number of benzene rings is 1. The van der Waals surface area contributed by atoms with E-state index < -0.39 is 16.8 Å². The van der Waals surface area contributed by atoms with Gasteiger partial charge in [-0.1, -0.05) is 30.3 Å². The van der Waals surface area contributed by atoms with E-state index in [0.717, 1.165) is 5.56 Å². The molecule has 0 aliphatic carbocycles. The van der Waals surface area contributed by atoms with Crippen LogP contribution in [0, 0.1) is 0 Å². The van der Waals surface area contributed by atoms with Crippen LogP contribution in [0.2, 0.25) is 0 Å². The fourth-order valence-corrected chi connectivity index (χ4v) is 4.62. The molecule has 2 aliphatic rings. The number of β-lactam (4-membered cyclic amide) rings is 1. The predicted octanol–water partition coefficient (Wildman–Crippen LogP) is 1.51. The number of rotatable bonds is 3. The number of carbonyl (C=O) groups is 3.